The first-order valence-electron chi connectivity index (χ1n) is 11.0. The molecule has 1 amide bonds. The third-order valence-corrected chi connectivity index (χ3v) is 7.18. The van der Waals surface area contributed by atoms with Gasteiger partial charge in [-0.25, -0.2) is 4.39 Å². The molecular formula is C23H26ClFN4O2. The fourth-order valence-electron chi connectivity index (χ4n) is 5.26. The minimum absolute atomic E-state index is 0.141. The zero-order valence-corrected chi connectivity index (χ0v) is 18.0. The predicted octanol–water partition coefficient (Wildman–Crippen LogP) is 4.01. The van der Waals surface area contributed by atoms with E-state index >= 15 is 0 Å². The maximum atomic E-state index is 13.5. The standard InChI is InChI=1S/C23H26ClFN4O2/c24-20-2-1-17(25)11-19(20)21-3-4-22(28-27-21)26-18-9-15-12-29(13-16(15)10-18)23(30)14-5-7-31-8-6-14/h1-4,11,14-16,18H,5-10,12-13H2,(H,26,28)/t15-,16+,18?. The number of amides is 1. The van der Waals surface area contributed by atoms with Crippen molar-refractivity contribution in [1.29, 1.82) is 0 Å². The highest BCUT2D eigenvalue weighted by Gasteiger charge is 2.43. The summed E-state index contributed by atoms with van der Waals surface area (Å²) in [7, 11) is 0. The largest absolute Gasteiger partial charge is 0.381 e. The van der Waals surface area contributed by atoms with E-state index in [1.165, 1.54) is 18.2 Å². The first-order chi connectivity index (χ1) is 15.1. The van der Waals surface area contributed by atoms with Crippen molar-refractivity contribution in [3.63, 3.8) is 0 Å². The average Bonchev–Trinajstić information content (AvgIpc) is 3.35. The van der Waals surface area contributed by atoms with Gasteiger partial charge in [0.1, 0.15) is 11.6 Å². The molecule has 1 saturated carbocycles. The van der Waals surface area contributed by atoms with E-state index in [9.17, 15) is 9.18 Å². The van der Waals surface area contributed by atoms with Gasteiger partial charge in [0.05, 0.1) is 10.7 Å². The molecule has 0 spiro atoms. The third kappa shape index (κ3) is 4.39. The molecule has 1 unspecified atom stereocenters. The van der Waals surface area contributed by atoms with Gasteiger partial charge in [0.25, 0.3) is 0 Å². The predicted molar refractivity (Wildman–Crippen MR) is 116 cm³/mol. The molecule has 3 aliphatic rings. The number of carbonyl (C=O) groups excluding carboxylic acids is 1. The summed E-state index contributed by atoms with van der Waals surface area (Å²) in [6, 6.07) is 8.20. The third-order valence-electron chi connectivity index (χ3n) is 6.85. The molecule has 1 aliphatic carbocycles. The van der Waals surface area contributed by atoms with E-state index in [-0.39, 0.29) is 11.7 Å². The zero-order valence-electron chi connectivity index (χ0n) is 17.3. The van der Waals surface area contributed by atoms with Crippen molar-refractivity contribution in [3.05, 3.63) is 41.2 Å². The minimum atomic E-state index is -0.356. The van der Waals surface area contributed by atoms with Crippen LogP contribution in [0.25, 0.3) is 11.3 Å². The van der Waals surface area contributed by atoms with Crippen LogP contribution in [-0.2, 0) is 9.53 Å². The Hall–Kier alpha value is -2.25. The smallest absolute Gasteiger partial charge is 0.225 e. The second-order valence-electron chi connectivity index (χ2n) is 8.89. The zero-order chi connectivity index (χ0) is 21.4. The van der Waals surface area contributed by atoms with Gasteiger partial charge >= 0.3 is 0 Å². The summed E-state index contributed by atoms with van der Waals surface area (Å²) in [5.41, 5.74) is 1.08. The van der Waals surface area contributed by atoms with Crippen molar-refractivity contribution in [2.45, 2.75) is 31.7 Å². The van der Waals surface area contributed by atoms with Crippen LogP contribution in [0.4, 0.5) is 10.2 Å². The van der Waals surface area contributed by atoms with E-state index in [0.717, 1.165) is 38.8 Å². The molecule has 1 N–H and O–H groups in total. The van der Waals surface area contributed by atoms with Crippen molar-refractivity contribution in [2.75, 3.05) is 31.6 Å². The highest BCUT2D eigenvalue weighted by atomic mass is 35.5. The van der Waals surface area contributed by atoms with Crippen LogP contribution in [0.2, 0.25) is 5.02 Å². The average molecular weight is 445 g/mol. The molecule has 0 radical (unpaired) electrons. The Bertz CT molecular complexity index is 937. The van der Waals surface area contributed by atoms with Crippen molar-refractivity contribution in [2.24, 2.45) is 17.8 Å². The number of aromatic nitrogens is 2. The summed E-state index contributed by atoms with van der Waals surface area (Å²) in [5, 5.41) is 12.4. The first kappa shape index (κ1) is 20.6. The lowest BCUT2D eigenvalue weighted by Gasteiger charge is -2.27. The van der Waals surface area contributed by atoms with Gasteiger partial charge < -0.3 is 15.0 Å². The lowest BCUT2D eigenvalue weighted by Crippen LogP contribution is -2.38. The van der Waals surface area contributed by atoms with Gasteiger partial charge in [0.15, 0.2) is 0 Å². The number of nitrogens with one attached hydrogen (secondary N) is 1. The van der Waals surface area contributed by atoms with Crippen LogP contribution in [0.1, 0.15) is 25.7 Å². The van der Waals surface area contributed by atoms with Gasteiger partial charge in [-0.05, 0) is 67.9 Å². The summed E-state index contributed by atoms with van der Waals surface area (Å²) in [6.07, 6.45) is 3.76. The maximum Gasteiger partial charge on any atom is 0.225 e. The number of rotatable bonds is 4. The lowest BCUT2D eigenvalue weighted by molar-refractivity contribution is -0.137. The Morgan fingerprint density at radius 3 is 2.52 bits per heavy atom. The molecule has 2 aromatic rings. The molecule has 2 saturated heterocycles. The van der Waals surface area contributed by atoms with E-state index in [4.69, 9.17) is 16.3 Å². The van der Waals surface area contributed by atoms with Gasteiger partial charge in [-0.1, -0.05) is 11.6 Å². The molecule has 2 aliphatic heterocycles. The van der Waals surface area contributed by atoms with E-state index in [1.54, 1.807) is 6.07 Å². The Labute approximate surface area is 186 Å². The number of nitrogens with zero attached hydrogens (tertiary/aromatic N) is 3. The Kier molecular flexibility index (Phi) is 5.80. The van der Waals surface area contributed by atoms with Crippen LogP contribution >= 0.6 is 11.6 Å². The van der Waals surface area contributed by atoms with Gasteiger partial charge in [-0.15, -0.1) is 10.2 Å². The molecule has 31 heavy (non-hydrogen) atoms. The van der Waals surface area contributed by atoms with Crippen LogP contribution in [-0.4, -0.2) is 53.3 Å². The number of ether oxygens (including phenoxy) is 1. The number of carbonyl (C=O) groups is 1. The fourth-order valence-corrected chi connectivity index (χ4v) is 5.47. The summed E-state index contributed by atoms with van der Waals surface area (Å²) in [5.74, 6) is 1.89. The fraction of sp³-hybridized carbons (Fsp3) is 0.522. The quantitative estimate of drug-likeness (QED) is 0.771. The summed E-state index contributed by atoms with van der Waals surface area (Å²) in [6.45, 7) is 3.13. The van der Waals surface area contributed by atoms with E-state index in [0.29, 0.717) is 59.1 Å². The second kappa shape index (κ2) is 8.71. The maximum absolute atomic E-state index is 13.5. The Morgan fingerprint density at radius 2 is 1.84 bits per heavy atom. The van der Waals surface area contributed by atoms with Crippen molar-refractivity contribution < 1.29 is 13.9 Å². The molecule has 164 valence electrons. The highest BCUT2D eigenvalue weighted by Crippen LogP contribution is 2.40. The molecule has 1 aromatic carbocycles. The SMILES string of the molecule is O=C(C1CCOCC1)N1C[C@H]2CC(Nc3ccc(-c4cc(F)ccc4Cl)nn3)C[C@H]2C1. The monoisotopic (exact) mass is 444 g/mol. The van der Waals surface area contributed by atoms with Crippen molar-refractivity contribution in [1.82, 2.24) is 15.1 Å². The number of hydrogen-bond acceptors (Lipinski definition) is 5. The van der Waals surface area contributed by atoms with Crippen molar-refractivity contribution >= 4 is 23.3 Å². The summed E-state index contributed by atoms with van der Waals surface area (Å²) < 4.78 is 18.9. The van der Waals surface area contributed by atoms with Crippen LogP contribution in [0.5, 0.6) is 0 Å². The van der Waals surface area contributed by atoms with E-state index in [1.807, 2.05) is 6.07 Å². The van der Waals surface area contributed by atoms with Crippen LogP contribution in [0, 0.1) is 23.6 Å². The number of hydrogen-bond donors (Lipinski definition) is 1. The number of anilines is 1. The van der Waals surface area contributed by atoms with Gasteiger partial charge in [0, 0.05) is 43.8 Å². The lowest BCUT2D eigenvalue weighted by atomic mass is 9.98. The minimum Gasteiger partial charge on any atom is -0.381 e. The van der Waals surface area contributed by atoms with Gasteiger partial charge in [-0.3, -0.25) is 4.79 Å². The van der Waals surface area contributed by atoms with Gasteiger partial charge in [-0.2, -0.15) is 0 Å². The van der Waals surface area contributed by atoms with Crippen LogP contribution in [0.3, 0.4) is 0 Å². The highest BCUT2D eigenvalue weighted by molar-refractivity contribution is 6.33. The molecular weight excluding hydrogens is 419 g/mol. The van der Waals surface area contributed by atoms with E-state index < -0.39 is 0 Å². The topological polar surface area (TPSA) is 67.3 Å². The van der Waals surface area contributed by atoms with Crippen LogP contribution in [0.15, 0.2) is 30.3 Å². The molecule has 5 rings (SSSR count). The summed E-state index contributed by atoms with van der Waals surface area (Å²) >= 11 is 6.16. The van der Waals surface area contributed by atoms with Gasteiger partial charge in [0.2, 0.25) is 5.91 Å². The number of benzene rings is 1. The molecule has 0 bridgehead atoms. The normalized spacial score (nSPS) is 26.1. The first-order valence-corrected chi connectivity index (χ1v) is 11.4. The molecule has 3 atom stereocenters. The molecule has 3 heterocycles. The molecule has 3 fully saturated rings. The molecule has 6 nitrogen and oxygen atoms in total. The number of halogens is 2. The number of fused-ring (bicyclic) bond motifs is 1. The van der Waals surface area contributed by atoms with Crippen LogP contribution < -0.4 is 5.32 Å². The van der Waals surface area contributed by atoms with Crippen molar-refractivity contribution in [3.8, 4) is 11.3 Å². The van der Waals surface area contributed by atoms with E-state index in [2.05, 4.69) is 20.4 Å². The second-order valence-corrected chi connectivity index (χ2v) is 9.30. The molecule has 1 aromatic heterocycles. The summed E-state index contributed by atoms with van der Waals surface area (Å²) in [4.78, 5) is 14.9. The molecule has 8 heteroatoms. The Balaban J connectivity index is 1.16. The number of likely N-dealkylation sites (tertiary alicyclic amines) is 1. The Morgan fingerprint density at radius 1 is 1.10 bits per heavy atom.